The van der Waals surface area contributed by atoms with Gasteiger partial charge in [0, 0.05) is 17.9 Å². The van der Waals surface area contributed by atoms with Gasteiger partial charge >= 0.3 is 0 Å². The lowest BCUT2D eigenvalue weighted by molar-refractivity contribution is 1.12. The lowest BCUT2D eigenvalue weighted by atomic mass is 9.93. The molecular formula is C57H53N. The highest BCUT2D eigenvalue weighted by atomic mass is 15.1. The van der Waals surface area contributed by atoms with Crippen LogP contribution in [0.25, 0.3) is 61.5 Å². The molecule has 8 aromatic carbocycles. The van der Waals surface area contributed by atoms with Crippen molar-refractivity contribution >= 4 is 50.6 Å². The lowest BCUT2D eigenvalue weighted by Gasteiger charge is -2.25. The Morgan fingerprint density at radius 1 is 0.500 bits per heavy atom. The molecule has 8 aromatic rings. The van der Waals surface area contributed by atoms with Gasteiger partial charge in [-0.25, -0.2) is 0 Å². The third-order valence-corrected chi connectivity index (χ3v) is 11.2. The number of rotatable bonds is 8. The summed E-state index contributed by atoms with van der Waals surface area (Å²) in [5, 5.41) is 7.76. The summed E-state index contributed by atoms with van der Waals surface area (Å²) >= 11 is 0. The van der Waals surface area contributed by atoms with E-state index in [9.17, 15) is 0 Å². The monoisotopic (exact) mass is 751 g/mol. The van der Waals surface area contributed by atoms with E-state index in [1.807, 2.05) is 13.0 Å². The Morgan fingerprint density at radius 2 is 1.09 bits per heavy atom. The molecule has 0 radical (unpaired) electrons. The summed E-state index contributed by atoms with van der Waals surface area (Å²) in [6.07, 6.45) is 8.63. The number of allylic oxidation sites excluding steroid dienone is 3. The molecule has 8 rings (SSSR count). The molecule has 0 spiro atoms. The van der Waals surface area contributed by atoms with E-state index in [1.165, 1.54) is 99.0 Å². The molecule has 0 saturated heterocycles. The topological polar surface area (TPSA) is 3.24 Å². The first kappa shape index (κ1) is 39.5. The van der Waals surface area contributed by atoms with Gasteiger partial charge in [-0.15, -0.1) is 0 Å². The molecule has 286 valence electrons. The van der Waals surface area contributed by atoms with Gasteiger partial charge < -0.3 is 4.90 Å². The van der Waals surface area contributed by atoms with Crippen molar-refractivity contribution in [1.82, 2.24) is 0 Å². The van der Waals surface area contributed by atoms with E-state index in [0.717, 1.165) is 6.54 Å². The molecule has 0 bridgehead atoms. The summed E-state index contributed by atoms with van der Waals surface area (Å²) in [5.74, 6) is 0. The van der Waals surface area contributed by atoms with Crippen LogP contribution in [0.2, 0.25) is 0 Å². The predicted octanol–water partition coefficient (Wildman–Crippen LogP) is 14.3. The number of fused-ring (bicyclic) bond motifs is 3. The van der Waals surface area contributed by atoms with Gasteiger partial charge in [-0.1, -0.05) is 170 Å². The van der Waals surface area contributed by atoms with Gasteiger partial charge in [0.1, 0.15) is 0 Å². The minimum absolute atomic E-state index is 0.744. The molecule has 0 amide bonds. The highest BCUT2D eigenvalue weighted by molar-refractivity contribution is 6.08. The van der Waals surface area contributed by atoms with Crippen LogP contribution in [0, 0.1) is 27.7 Å². The van der Waals surface area contributed by atoms with Crippen LogP contribution in [0.15, 0.2) is 183 Å². The molecule has 1 nitrogen and oxygen atoms in total. The molecule has 0 aliphatic rings. The Bertz CT molecular complexity index is 2890. The molecule has 0 aliphatic carbocycles. The molecule has 0 aliphatic heterocycles. The smallest absolute Gasteiger partial charge is 0.0421 e. The summed E-state index contributed by atoms with van der Waals surface area (Å²) in [7, 11) is 0. The number of anilines is 2. The summed E-state index contributed by atoms with van der Waals surface area (Å²) in [6.45, 7) is 17.3. The second-order valence-electron chi connectivity index (χ2n) is 15.1. The Morgan fingerprint density at radius 3 is 1.71 bits per heavy atom. The van der Waals surface area contributed by atoms with Crippen molar-refractivity contribution in [2.75, 3.05) is 11.4 Å². The number of nitrogens with zero attached hydrogens (tertiary/aromatic N) is 1. The van der Waals surface area contributed by atoms with Crippen molar-refractivity contribution in [3.8, 4) is 22.3 Å². The van der Waals surface area contributed by atoms with Crippen LogP contribution in [0.4, 0.5) is 11.4 Å². The van der Waals surface area contributed by atoms with Gasteiger partial charge in [0.25, 0.3) is 0 Å². The van der Waals surface area contributed by atoms with Crippen molar-refractivity contribution in [2.45, 2.75) is 41.5 Å². The Balaban J connectivity index is 0.000000368. The third-order valence-electron chi connectivity index (χ3n) is 11.2. The van der Waals surface area contributed by atoms with E-state index in [0.29, 0.717) is 0 Å². The maximum absolute atomic E-state index is 3.77. The summed E-state index contributed by atoms with van der Waals surface area (Å²) in [5.41, 5.74) is 15.0. The number of benzene rings is 8. The molecule has 0 fully saturated rings. The van der Waals surface area contributed by atoms with Crippen LogP contribution >= 0.6 is 0 Å². The van der Waals surface area contributed by atoms with Gasteiger partial charge in [0.05, 0.1) is 0 Å². The van der Waals surface area contributed by atoms with Crippen molar-refractivity contribution in [1.29, 1.82) is 0 Å². The molecule has 0 unspecified atom stereocenters. The second-order valence-corrected chi connectivity index (χ2v) is 15.1. The molecule has 58 heavy (non-hydrogen) atoms. The van der Waals surface area contributed by atoms with Crippen molar-refractivity contribution < 1.29 is 0 Å². The Labute approximate surface area is 345 Å². The normalized spacial score (nSPS) is 12.1. The minimum Gasteiger partial charge on any atom is -0.338 e. The van der Waals surface area contributed by atoms with Crippen molar-refractivity contribution in [3.63, 3.8) is 0 Å². The number of hydrogen-bond donors (Lipinski definition) is 0. The van der Waals surface area contributed by atoms with E-state index in [-0.39, 0.29) is 0 Å². The first-order valence-electron chi connectivity index (χ1n) is 20.3. The van der Waals surface area contributed by atoms with Gasteiger partial charge in [-0.2, -0.15) is 0 Å². The van der Waals surface area contributed by atoms with Crippen LogP contribution < -0.4 is 15.3 Å². The Kier molecular flexibility index (Phi) is 12.3. The van der Waals surface area contributed by atoms with E-state index in [1.54, 1.807) is 0 Å². The van der Waals surface area contributed by atoms with E-state index < -0.39 is 0 Å². The molecule has 0 heterocycles. The third kappa shape index (κ3) is 8.50. The predicted molar refractivity (Wildman–Crippen MR) is 255 cm³/mol. The fourth-order valence-corrected chi connectivity index (χ4v) is 8.09. The Hall–Kier alpha value is -6.70. The van der Waals surface area contributed by atoms with Crippen molar-refractivity contribution in [3.05, 3.63) is 221 Å². The summed E-state index contributed by atoms with van der Waals surface area (Å²) < 4.78 is 0. The van der Waals surface area contributed by atoms with E-state index in [4.69, 9.17) is 0 Å². The zero-order valence-corrected chi connectivity index (χ0v) is 34.8. The molecule has 0 N–H and O–H groups in total. The van der Waals surface area contributed by atoms with Crippen molar-refractivity contribution in [2.24, 2.45) is 0 Å². The SMILES string of the molecule is C/C=c1\c(=C/CN(c2ccc(-c3ccc(C)c(-c4ccccc4C)c3)cc2)c2cccc(C)c2)c2ccccc2c2ccccc12.C=C/C(=C\C)c1cccc(C)c1. The van der Waals surface area contributed by atoms with Gasteiger partial charge in [0.15, 0.2) is 0 Å². The molecule has 0 atom stereocenters. The van der Waals surface area contributed by atoms with Crippen LogP contribution in [-0.2, 0) is 0 Å². The van der Waals surface area contributed by atoms with Gasteiger partial charge in [0.2, 0.25) is 0 Å². The average Bonchev–Trinajstić information content (AvgIpc) is 3.25. The molecule has 0 saturated carbocycles. The van der Waals surface area contributed by atoms with E-state index >= 15 is 0 Å². The first-order chi connectivity index (χ1) is 28.3. The minimum atomic E-state index is 0.744. The number of aryl methyl sites for hydroxylation is 4. The maximum atomic E-state index is 3.77. The van der Waals surface area contributed by atoms with Gasteiger partial charge in [-0.05, 0) is 154 Å². The molecular weight excluding hydrogens is 699 g/mol. The fraction of sp³-hybridized carbons (Fsp3) is 0.123. The maximum Gasteiger partial charge on any atom is 0.0421 e. The molecule has 1 heteroatoms. The standard InChI is InChI=1S/C45H39N.C12H14/c1-5-38-40-17-8-9-18-41(40)42-19-10-11-20-43(42)44(38)27-28-46(37-15-12-13-31(2)29-37)36-25-23-34(24-26-36)35-22-21-33(4)45(30-35)39-16-7-6-14-32(39)3;1-4-11(5-2)12-8-6-7-10(3)9-12/h5-27,29-30H,28H2,1-4H3;4-9H,1H2,2-3H3/b38-5-,44-27+;11-5+. The first-order valence-corrected chi connectivity index (χ1v) is 20.3. The van der Waals surface area contributed by atoms with E-state index in [2.05, 4.69) is 228 Å². The summed E-state index contributed by atoms with van der Waals surface area (Å²) in [4.78, 5) is 2.42. The molecule has 0 aromatic heterocycles. The lowest BCUT2D eigenvalue weighted by Crippen LogP contribution is -2.29. The van der Waals surface area contributed by atoms with Crippen LogP contribution in [-0.4, -0.2) is 6.54 Å². The largest absolute Gasteiger partial charge is 0.338 e. The second kappa shape index (κ2) is 18.0. The summed E-state index contributed by atoms with van der Waals surface area (Å²) in [6, 6.07) is 59.4. The number of hydrogen-bond acceptors (Lipinski definition) is 1. The fourth-order valence-electron chi connectivity index (χ4n) is 8.09. The highest BCUT2D eigenvalue weighted by Gasteiger charge is 2.12. The zero-order chi connectivity index (χ0) is 40.6. The van der Waals surface area contributed by atoms with Gasteiger partial charge in [-0.3, -0.25) is 0 Å². The quantitative estimate of drug-likeness (QED) is 0.110. The van der Waals surface area contributed by atoms with Crippen LogP contribution in [0.5, 0.6) is 0 Å². The average molecular weight is 752 g/mol. The van der Waals surface area contributed by atoms with Crippen LogP contribution in [0.3, 0.4) is 0 Å². The highest BCUT2D eigenvalue weighted by Crippen LogP contribution is 2.33. The van der Waals surface area contributed by atoms with Crippen LogP contribution in [0.1, 0.15) is 41.7 Å². The zero-order valence-electron chi connectivity index (χ0n) is 34.8.